The van der Waals surface area contributed by atoms with Gasteiger partial charge in [-0.25, -0.2) is 0 Å². The Morgan fingerprint density at radius 1 is 1.02 bits per heavy atom. The van der Waals surface area contributed by atoms with Gasteiger partial charge in [-0.1, -0.05) is 37.3 Å². The van der Waals surface area contributed by atoms with E-state index < -0.39 is 10.7 Å². The number of nitrogens with zero attached hydrogens (tertiary/aromatic N) is 1. The van der Waals surface area contributed by atoms with Crippen LogP contribution in [0.5, 0.6) is 0 Å². The molecule has 4 aromatic heterocycles. The van der Waals surface area contributed by atoms with E-state index in [1.807, 2.05) is 18.3 Å². The summed E-state index contributed by atoms with van der Waals surface area (Å²) in [5.74, 6) is 0.590. The molecule has 0 aliphatic heterocycles. The molecule has 0 aliphatic carbocycles. The molecule has 45 heavy (non-hydrogen) atoms. The number of hydrogen-bond acceptors (Lipinski definition) is 11. The van der Waals surface area contributed by atoms with Crippen LogP contribution in [0.4, 0.5) is 0 Å². The zero-order chi connectivity index (χ0) is 32.6. The van der Waals surface area contributed by atoms with E-state index in [1.54, 1.807) is 52.7 Å². The summed E-state index contributed by atoms with van der Waals surface area (Å²) in [4.78, 5) is 33.7. The minimum absolute atomic E-state index is 0.00201. The summed E-state index contributed by atoms with van der Waals surface area (Å²) in [6.07, 6.45) is 2.96. The SMILES string of the molecule is CCCCSC(=S)SC(CC(C)(C#N)CCC(=O)OCc1cc(C)c(-c2ccc(-c3ccc(-c4sccc4C)s3)s2)s1)C(C)=O. The van der Waals surface area contributed by atoms with Gasteiger partial charge >= 0.3 is 5.97 Å². The molecular weight excluding hydrogens is 695 g/mol. The highest BCUT2D eigenvalue weighted by molar-refractivity contribution is 8.47. The Kier molecular flexibility index (Phi) is 13.5. The summed E-state index contributed by atoms with van der Waals surface area (Å²) >= 11 is 15.5. The number of nitriles is 1. The van der Waals surface area contributed by atoms with E-state index in [4.69, 9.17) is 17.0 Å². The van der Waals surface area contributed by atoms with Crippen LogP contribution < -0.4 is 0 Å². The zero-order valence-electron chi connectivity index (χ0n) is 26.1. The van der Waals surface area contributed by atoms with Crippen LogP contribution in [0.2, 0.25) is 0 Å². The lowest BCUT2D eigenvalue weighted by Crippen LogP contribution is -2.26. The van der Waals surface area contributed by atoms with Crippen molar-refractivity contribution in [3.05, 3.63) is 57.8 Å². The minimum atomic E-state index is -0.832. The molecular formula is C34H37NO3S7. The predicted molar refractivity (Wildman–Crippen MR) is 203 cm³/mol. The Hall–Kier alpha value is -1.78. The fourth-order valence-electron chi connectivity index (χ4n) is 4.61. The first-order chi connectivity index (χ1) is 21.5. The molecule has 0 aliphatic rings. The van der Waals surface area contributed by atoms with Crippen molar-refractivity contribution in [2.24, 2.45) is 5.41 Å². The number of rotatable bonds is 15. The van der Waals surface area contributed by atoms with E-state index >= 15 is 0 Å². The molecule has 4 nitrogen and oxygen atoms in total. The largest absolute Gasteiger partial charge is 0.460 e. The van der Waals surface area contributed by atoms with E-state index in [0.717, 1.165) is 32.6 Å². The van der Waals surface area contributed by atoms with Crippen molar-refractivity contribution < 1.29 is 14.3 Å². The number of thiocarbonyl (C=S) groups is 1. The number of thiophene rings is 4. The Morgan fingerprint density at radius 2 is 1.69 bits per heavy atom. The highest BCUT2D eigenvalue weighted by Crippen LogP contribution is 2.44. The van der Waals surface area contributed by atoms with Gasteiger partial charge in [0.05, 0.1) is 16.7 Å². The normalized spacial score (nSPS) is 13.2. The number of ketones is 1. The summed E-state index contributed by atoms with van der Waals surface area (Å²) < 4.78 is 6.37. The molecule has 0 fully saturated rings. The first-order valence-corrected chi connectivity index (χ1v) is 20.4. The molecule has 0 amide bonds. The number of Topliss-reactive ketones (excluding diaryl/α,β-unsaturated/α-hetero) is 1. The summed E-state index contributed by atoms with van der Waals surface area (Å²) in [6.45, 7) is 9.94. The van der Waals surface area contributed by atoms with Gasteiger partial charge in [-0.3, -0.25) is 9.59 Å². The molecule has 0 N–H and O–H groups in total. The van der Waals surface area contributed by atoms with Crippen molar-refractivity contribution in [1.82, 2.24) is 0 Å². The molecule has 0 spiro atoms. The zero-order valence-corrected chi connectivity index (χ0v) is 31.8. The molecule has 0 aromatic carbocycles. The van der Waals surface area contributed by atoms with E-state index in [9.17, 15) is 14.9 Å². The van der Waals surface area contributed by atoms with Crippen LogP contribution >= 0.6 is 81.1 Å². The van der Waals surface area contributed by atoms with Gasteiger partial charge in [-0.05, 0) is 106 Å². The lowest BCUT2D eigenvalue weighted by molar-refractivity contribution is -0.145. The van der Waals surface area contributed by atoms with Gasteiger partial charge in [-0.15, -0.1) is 57.1 Å². The Bertz CT molecular complexity index is 1670. The second kappa shape index (κ2) is 16.9. The summed E-state index contributed by atoms with van der Waals surface area (Å²) in [5, 5.41) is 11.7. The average Bonchev–Trinajstić information content (AvgIpc) is 3.82. The standard InChI is InChI=1S/C34H37NO3S7/c1-6-7-15-41-33(39)45-29(23(4)36)18-34(5,20-35)14-12-30(37)38-19-24-17-22(3)32(42-24)28-11-9-26(44-28)25-8-10-27(43-25)31-21(2)13-16-40-31/h8-11,13,16-17,29H,6-7,12,14-15,18-19H2,1-5H3. The highest BCUT2D eigenvalue weighted by Gasteiger charge is 2.32. The molecule has 2 atom stereocenters. The third kappa shape index (κ3) is 10.1. The maximum atomic E-state index is 12.7. The molecule has 4 heterocycles. The third-order valence-electron chi connectivity index (χ3n) is 7.31. The number of esters is 1. The van der Waals surface area contributed by atoms with Crippen LogP contribution in [0.3, 0.4) is 0 Å². The van der Waals surface area contributed by atoms with Crippen molar-refractivity contribution in [3.63, 3.8) is 0 Å². The van der Waals surface area contributed by atoms with Crippen LogP contribution in [0, 0.1) is 30.6 Å². The highest BCUT2D eigenvalue weighted by atomic mass is 32.2. The number of carbonyl (C=O) groups excluding carboxylic acids is 2. The van der Waals surface area contributed by atoms with E-state index in [2.05, 4.69) is 68.6 Å². The van der Waals surface area contributed by atoms with Crippen molar-refractivity contribution in [2.75, 3.05) is 5.75 Å². The van der Waals surface area contributed by atoms with Crippen LogP contribution in [0.25, 0.3) is 29.3 Å². The Morgan fingerprint density at radius 3 is 2.29 bits per heavy atom. The lowest BCUT2D eigenvalue weighted by atomic mass is 9.82. The molecule has 0 radical (unpaired) electrons. The monoisotopic (exact) mass is 731 g/mol. The Labute approximate surface area is 296 Å². The third-order valence-corrected chi connectivity index (χ3v) is 15.2. The topological polar surface area (TPSA) is 67.2 Å². The van der Waals surface area contributed by atoms with Gasteiger partial charge in [0.25, 0.3) is 0 Å². The van der Waals surface area contributed by atoms with Crippen LogP contribution in [-0.4, -0.2) is 26.3 Å². The predicted octanol–water partition coefficient (Wildman–Crippen LogP) is 11.8. The second-order valence-electron chi connectivity index (χ2n) is 11.2. The number of aryl methyl sites for hydroxylation is 2. The summed E-state index contributed by atoms with van der Waals surface area (Å²) in [7, 11) is 0. The number of thioether (sulfide) groups is 2. The average molecular weight is 732 g/mol. The van der Waals surface area contributed by atoms with Crippen molar-refractivity contribution in [2.45, 2.75) is 78.6 Å². The van der Waals surface area contributed by atoms with Gasteiger partial charge in [0.1, 0.15) is 15.9 Å². The smallest absolute Gasteiger partial charge is 0.306 e. The molecule has 2 unspecified atom stereocenters. The van der Waals surface area contributed by atoms with Crippen LogP contribution in [0.1, 0.15) is 68.9 Å². The number of ether oxygens (including phenoxy) is 1. The lowest BCUT2D eigenvalue weighted by Gasteiger charge is -2.25. The van der Waals surface area contributed by atoms with Gasteiger partial charge in [0, 0.05) is 40.6 Å². The first kappa shape index (κ1) is 36.1. The van der Waals surface area contributed by atoms with Gasteiger partial charge in [0.15, 0.2) is 0 Å². The molecule has 0 saturated carbocycles. The number of unbranched alkanes of at least 4 members (excludes halogenated alkanes) is 1. The van der Waals surface area contributed by atoms with Gasteiger partial charge < -0.3 is 4.74 Å². The first-order valence-electron chi connectivity index (χ1n) is 14.8. The summed E-state index contributed by atoms with van der Waals surface area (Å²) in [6, 6.07) is 15.4. The fourth-order valence-corrected chi connectivity index (χ4v) is 12.0. The summed E-state index contributed by atoms with van der Waals surface area (Å²) in [5.41, 5.74) is 1.65. The van der Waals surface area contributed by atoms with Crippen molar-refractivity contribution in [1.29, 1.82) is 5.26 Å². The van der Waals surface area contributed by atoms with Gasteiger partial charge in [-0.2, -0.15) is 5.26 Å². The van der Waals surface area contributed by atoms with Crippen molar-refractivity contribution in [3.8, 4) is 35.3 Å². The van der Waals surface area contributed by atoms with E-state index in [1.165, 1.54) is 46.6 Å². The van der Waals surface area contributed by atoms with Crippen LogP contribution in [-0.2, 0) is 20.9 Å². The van der Waals surface area contributed by atoms with Crippen molar-refractivity contribution >= 4 is 96.4 Å². The number of carbonyl (C=O) groups is 2. The molecule has 11 heteroatoms. The second-order valence-corrected chi connectivity index (χ2v) is 18.9. The van der Waals surface area contributed by atoms with E-state index in [0.29, 0.717) is 12.8 Å². The molecule has 4 aromatic rings. The quantitative estimate of drug-likeness (QED) is 0.0685. The number of hydrogen-bond donors (Lipinski definition) is 0. The van der Waals surface area contributed by atoms with Crippen LogP contribution in [0.15, 0.2) is 41.8 Å². The minimum Gasteiger partial charge on any atom is -0.460 e. The maximum absolute atomic E-state index is 12.7. The molecule has 4 rings (SSSR count). The van der Waals surface area contributed by atoms with E-state index in [-0.39, 0.29) is 24.8 Å². The van der Waals surface area contributed by atoms with Gasteiger partial charge in [0.2, 0.25) is 0 Å². The molecule has 0 bridgehead atoms. The molecule has 0 saturated heterocycles. The molecule has 238 valence electrons. The Balaban J connectivity index is 1.30. The maximum Gasteiger partial charge on any atom is 0.306 e. The fraction of sp³-hybridized carbons (Fsp3) is 0.412.